The lowest BCUT2D eigenvalue weighted by atomic mass is 9.87. The molecule has 1 aromatic heterocycles. The molecule has 17 heavy (non-hydrogen) atoms. The van der Waals surface area contributed by atoms with E-state index in [0.717, 1.165) is 16.4 Å². The van der Waals surface area contributed by atoms with Crippen molar-refractivity contribution in [1.29, 1.82) is 0 Å². The van der Waals surface area contributed by atoms with Gasteiger partial charge in [-0.25, -0.2) is 4.98 Å². The lowest BCUT2D eigenvalue weighted by Crippen LogP contribution is -2.26. The van der Waals surface area contributed by atoms with Gasteiger partial charge >= 0.3 is 0 Å². The van der Waals surface area contributed by atoms with Gasteiger partial charge in [0.25, 0.3) is 0 Å². The lowest BCUT2D eigenvalue weighted by Gasteiger charge is -2.24. The lowest BCUT2D eigenvalue weighted by molar-refractivity contribution is 0.393. The third-order valence-electron chi connectivity index (χ3n) is 3.43. The minimum Gasteiger partial charge on any atom is -0.328 e. The van der Waals surface area contributed by atoms with Gasteiger partial charge in [-0.1, -0.05) is 22.4 Å². The molecule has 1 fully saturated rings. The molecule has 3 rings (SSSR count). The van der Waals surface area contributed by atoms with E-state index in [1.165, 1.54) is 29.0 Å². The highest BCUT2D eigenvalue weighted by Crippen LogP contribution is 2.37. The number of hydrogen-bond donors (Lipinski definition) is 1. The van der Waals surface area contributed by atoms with Crippen molar-refractivity contribution in [3.63, 3.8) is 0 Å². The van der Waals surface area contributed by atoms with Gasteiger partial charge in [0, 0.05) is 16.4 Å². The Morgan fingerprint density at radius 1 is 1.35 bits per heavy atom. The quantitative estimate of drug-likeness (QED) is 0.863. The van der Waals surface area contributed by atoms with E-state index >= 15 is 0 Å². The molecule has 1 heterocycles. The molecule has 0 radical (unpaired) electrons. The average molecular weight is 311 g/mol. The van der Waals surface area contributed by atoms with Crippen molar-refractivity contribution in [2.24, 2.45) is 5.73 Å². The van der Waals surface area contributed by atoms with Crippen molar-refractivity contribution < 1.29 is 0 Å². The fraction of sp³-hybridized carbons (Fsp3) is 0.462. The summed E-state index contributed by atoms with van der Waals surface area (Å²) in [6.07, 6.45) is 4.76. The van der Waals surface area contributed by atoms with Crippen LogP contribution in [0.25, 0.3) is 10.2 Å². The van der Waals surface area contributed by atoms with E-state index in [1.807, 2.05) is 11.3 Å². The molecule has 1 saturated carbocycles. The van der Waals surface area contributed by atoms with Crippen LogP contribution in [0.3, 0.4) is 0 Å². The van der Waals surface area contributed by atoms with Crippen LogP contribution in [0.5, 0.6) is 0 Å². The molecule has 2 N–H and O–H groups in total. The van der Waals surface area contributed by atoms with Crippen LogP contribution in [0, 0.1) is 0 Å². The fourth-order valence-electron chi connectivity index (χ4n) is 2.54. The summed E-state index contributed by atoms with van der Waals surface area (Å²) in [5, 5.41) is 1.27. The van der Waals surface area contributed by atoms with Gasteiger partial charge in [0.05, 0.1) is 15.2 Å². The first-order valence-corrected chi connectivity index (χ1v) is 7.65. The zero-order valence-corrected chi connectivity index (χ0v) is 11.9. The van der Waals surface area contributed by atoms with Gasteiger partial charge in [-0.15, -0.1) is 11.3 Å². The summed E-state index contributed by atoms with van der Waals surface area (Å²) in [5.41, 5.74) is 7.17. The second-order valence-corrected chi connectivity index (χ2v) is 6.77. The molecule has 0 saturated heterocycles. The van der Waals surface area contributed by atoms with Crippen molar-refractivity contribution in [2.45, 2.75) is 37.6 Å². The van der Waals surface area contributed by atoms with E-state index in [0.29, 0.717) is 12.0 Å². The number of rotatable bonds is 1. The molecule has 0 aliphatic heterocycles. The Balaban J connectivity index is 1.94. The van der Waals surface area contributed by atoms with E-state index in [9.17, 15) is 0 Å². The largest absolute Gasteiger partial charge is 0.328 e. The molecule has 1 aliphatic carbocycles. The molecule has 90 valence electrons. The van der Waals surface area contributed by atoms with Crippen LogP contribution in [-0.2, 0) is 0 Å². The molecule has 0 spiro atoms. The first-order chi connectivity index (χ1) is 8.22. The highest BCUT2D eigenvalue weighted by Gasteiger charge is 2.23. The summed E-state index contributed by atoms with van der Waals surface area (Å²) in [5.74, 6) is 0.579. The van der Waals surface area contributed by atoms with Gasteiger partial charge in [-0.3, -0.25) is 0 Å². The van der Waals surface area contributed by atoms with Gasteiger partial charge in [0.2, 0.25) is 0 Å². The maximum atomic E-state index is 6.05. The van der Waals surface area contributed by atoms with E-state index in [-0.39, 0.29) is 0 Å². The number of thiazole rings is 1. The number of benzene rings is 1. The minimum absolute atomic E-state index is 0.368. The van der Waals surface area contributed by atoms with E-state index < -0.39 is 0 Å². The average Bonchev–Trinajstić information content (AvgIpc) is 2.72. The van der Waals surface area contributed by atoms with E-state index in [4.69, 9.17) is 10.7 Å². The smallest absolute Gasteiger partial charge is 0.0970 e. The number of fused-ring (bicyclic) bond motifs is 1. The molecule has 1 aliphatic rings. The Labute approximate surface area is 113 Å². The Bertz CT molecular complexity index is 537. The summed E-state index contributed by atoms with van der Waals surface area (Å²) in [6, 6.07) is 6.66. The highest BCUT2D eigenvalue weighted by molar-refractivity contribution is 9.10. The molecule has 2 atom stereocenters. The molecule has 2 nitrogen and oxygen atoms in total. The molecular formula is C13H15BrN2S. The van der Waals surface area contributed by atoms with Crippen LogP contribution in [0.15, 0.2) is 22.7 Å². The zero-order chi connectivity index (χ0) is 11.8. The predicted molar refractivity (Wildman–Crippen MR) is 76.5 cm³/mol. The fourth-order valence-corrected chi connectivity index (χ4v) is 4.21. The minimum atomic E-state index is 0.368. The summed E-state index contributed by atoms with van der Waals surface area (Å²) in [7, 11) is 0. The molecule has 1 aromatic carbocycles. The van der Waals surface area contributed by atoms with Gasteiger partial charge in [-0.05, 0) is 37.5 Å². The van der Waals surface area contributed by atoms with E-state index in [2.05, 4.69) is 34.1 Å². The third-order valence-corrected chi connectivity index (χ3v) is 5.10. The van der Waals surface area contributed by atoms with Crippen molar-refractivity contribution in [3.8, 4) is 0 Å². The number of aromatic nitrogens is 1. The van der Waals surface area contributed by atoms with Crippen LogP contribution in [0.2, 0.25) is 0 Å². The molecule has 2 unspecified atom stereocenters. The maximum Gasteiger partial charge on any atom is 0.0970 e. The standard InChI is InChI=1S/C13H15BrN2S/c14-9-4-5-11-12(7-9)17-13(16-11)8-2-1-3-10(15)6-8/h4-5,7-8,10H,1-3,6,15H2. The van der Waals surface area contributed by atoms with Crippen LogP contribution < -0.4 is 5.73 Å². The normalized spacial score (nSPS) is 25.3. The SMILES string of the molecule is NC1CCCC(c2nc3ccc(Br)cc3s2)C1. The second kappa shape index (κ2) is 4.67. The van der Waals surface area contributed by atoms with E-state index in [1.54, 1.807) is 0 Å². The van der Waals surface area contributed by atoms with Crippen LogP contribution >= 0.6 is 27.3 Å². The Kier molecular flexibility index (Phi) is 3.19. The summed E-state index contributed by atoms with van der Waals surface area (Å²) < 4.78 is 2.40. The molecular weight excluding hydrogens is 296 g/mol. The highest BCUT2D eigenvalue weighted by atomic mass is 79.9. The number of halogens is 1. The van der Waals surface area contributed by atoms with Crippen LogP contribution in [0.1, 0.15) is 36.6 Å². The van der Waals surface area contributed by atoms with Crippen molar-refractivity contribution in [3.05, 3.63) is 27.7 Å². The first kappa shape index (κ1) is 11.6. The Morgan fingerprint density at radius 2 is 2.24 bits per heavy atom. The molecule has 0 amide bonds. The second-order valence-electron chi connectivity index (χ2n) is 4.79. The number of nitrogens with zero attached hydrogens (tertiary/aromatic N) is 1. The monoisotopic (exact) mass is 310 g/mol. The number of hydrogen-bond acceptors (Lipinski definition) is 3. The molecule has 0 bridgehead atoms. The Hall–Kier alpha value is -0.450. The first-order valence-electron chi connectivity index (χ1n) is 6.04. The van der Waals surface area contributed by atoms with Crippen LogP contribution in [-0.4, -0.2) is 11.0 Å². The van der Waals surface area contributed by atoms with Gasteiger partial charge < -0.3 is 5.73 Å². The topological polar surface area (TPSA) is 38.9 Å². The maximum absolute atomic E-state index is 6.05. The zero-order valence-electron chi connectivity index (χ0n) is 9.53. The molecule has 4 heteroatoms. The predicted octanol–water partition coefficient (Wildman–Crippen LogP) is 4.04. The van der Waals surface area contributed by atoms with Crippen molar-refractivity contribution in [2.75, 3.05) is 0 Å². The van der Waals surface area contributed by atoms with Gasteiger partial charge in [-0.2, -0.15) is 0 Å². The summed E-state index contributed by atoms with van der Waals surface area (Å²) in [4.78, 5) is 4.75. The van der Waals surface area contributed by atoms with Gasteiger partial charge in [0.15, 0.2) is 0 Å². The molecule has 2 aromatic rings. The van der Waals surface area contributed by atoms with Gasteiger partial charge in [0.1, 0.15) is 0 Å². The Morgan fingerprint density at radius 3 is 3.06 bits per heavy atom. The summed E-state index contributed by atoms with van der Waals surface area (Å²) >= 11 is 5.33. The number of nitrogens with two attached hydrogens (primary N) is 1. The van der Waals surface area contributed by atoms with Crippen LogP contribution in [0.4, 0.5) is 0 Å². The summed E-state index contributed by atoms with van der Waals surface area (Å²) in [6.45, 7) is 0. The van der Waals surface area contributed by atoms with Crippen molar-refractivity contribution >= 4 is 37.5 Å². The van der Waals surface area contributed by atoms with Crippen molar-refractivity contribution in [1.82, 2.24) is 4.98 Å². The third kappa shape index (κ3) is 2.39.